The molecule has 1 amide bonds. The SMILES string of the molecule is C=C(F)C(=O)N1CC(Cn2c(=O)c(=O)n(-c3c(C)cccc3C(C)C)c3c(F)c(C4=C(F)C=CCC4O)c(Cl)cc32)C1. The van der Waals surface area contributed by atoms with Gasteiger partial charge in [-0.15, -0.1) is 0 Å². The Morgan fingerprint density at radius 3 is 2.50 bits per heavy atom. The summed E-state index contributed by atoms with van der Waals surface area (Å²) < 4.78 is 47.3. The first kappa shape index (κ1) is 29.6. The number of aliphatic hydroxyl groups is 1. The van der Waals surface area contributed by atoms with Gasteiger partial charge in [-0.05, 0) is 42.5 Å². The minimum atomic E-state index is -1.39. The summed E-state index contributed by atoms with van der Waals surface area (Å²) in [5.41, 5.74) is -1.47. The Balaban J connectivity index is 1.83. The Labute approximate surface area is 244 Å². The normalized spacial score (nSPS) is 17.4. The molecule has 1 saturated heterocycles. The van der Waals surface area contributed by atoms with Gasteiger partial charge in [-0.25, -0.2) is 13.2 Å². The van der Waals surface area contributed by atoms with Crippen LogP contribution in [0.5, 0.6) is 0 Å². The van der Waals surface area contributed by atoms with Gasteiger partial charge in [0.25, 0.3) is 5.91 Å². The van der Waals surface area contributed by atoms with E-state index in [1.807, 2.05) is 13.8 Å². The topological polar surface area (TPSA) is 84.5 Å². The number of benzene rings is 2. The molecule has 1 atom stereocenters. The van der Waals surface area contributed by atoms with Crippen molar-refractivity contribution in [2.45, 2.75) is 45.8 Å². The first-order chi connectivity index (χ1) is 19.8. The van der Waals surface area contributed by atoms with E-state index in [4.69, 9.17) is 11.6 Å². The summed E-state index contributed by atoms with van der Waals surface area (Å²) in [6.07, 6.45) is 1.17. The van der Waals surface area contributed by atoms with Crippen molar-refractivity contribution in [1.82, 2.24) is 14.0 Å². The lowest BCUT2D eigenvalue weighted by Gasteiger charge is -2.39. The third kappa shape index (κ3) is 4.82. The lowest BCUT2D eigenvalue weighted by Crippen LogP contribution is -2.53. The van der Waals surface area contributed by atoms with Crippen LogP contribution in [-0.2, 0) is 11.3 Å². The van der Waals surface area contributed by atoms with Gasteiger partial charge < -0.3 is 14.6 Å². The number of allylic oxidation sites excluding steroid dienone is 2. The highest BCUT2D eigenvalue weighted by Crippen LogP contribution is 2.40. The fourth-order valence-corrected chi connectivity index (χ4v) is 6.05. The molecular formula is C31H29ClF3N3O4. The van der Waals surface area contributed by atoms with E-state index in [0.717, 1.165) is 15.2 Å². The lowest BCUT2D eigenvalue weighted by atomic mass is 9.92. The van der Waals surface area contributed by atoms with Crippen LogP contribution in [-0.4, -0.2) is 44.2 Å². The van der Waals surface area contributed by atoms with E-state index in [-0.39, 0.29) is 59.5 Å². The number of aryl methyl sites for hydroxylation is 1. The summed E-state index contributed by atoms with van der Waals surface area (Å²) in [6, 6.07) is 6.59. The molecule has 2 heterocycles. The number of para-hydroxylation sites is 1. The Kier molecular flexibility index (Phi) is 7.80. The van der Waals surface area contributed by atoms with Crippen LogP contribution in [0.25, 0.3) is 22.3 Å². The molecule has 2 aromatic carbocycles. The van der Waals surface area contributed by atoms with Crippen molar-refractivity contribution in [3.8, 4) is 5.69 Å². The highest BCUT2D eigenvalue weighted by atomic mass is 35.5. The Morgan fingerprint density at radius 1 is 1.19 bits per heavy atom. The van der Waals surface area contributed by atoms with E-state index in [1.54, 1.807) is 25.1 Å². The number of rotatable bonds is 6. The zero-order valence-corrected chi connectivity index (χ0v) is 24.0. The van der Waals surface area contributed by atoms with Crippen LogP contribution in [0.3, 0.4) is 0 Å². The van der Waals surface area contributed by atoms with E-state index in [0.29, 0.717) is 16.8 Å². The van der Waals surface area contributed by atoms with Crippen LogP contribution in [0.15, 0.2) is 64.2 Å². The van der Waals surface area contributed by atoms with Gasteiger partial charge in [0.15, 0.2) is 11.6 Å². The number of hydrogen-bond acceptors (Lipinski definition) is 4. The van der Waals surface area contributed by atoms with Gasteiger partial charge >= 0.3 is 11.1 Å². The van der Waals surface area contributed by atoms with Gasteiger partial charge in [0.2, 0.25) is 0 Å². The molecule has 1 aliphatic heterocycles. The average molecular weight is 600 g/mol. The second-order valence-corrected chi connectivity index (χ2v) is 11.4. The summed E-state index contributed by atoms with van der Waals surface area (Å²) in [5.74, 6) is -4.38. The van der Waals surface area contributed by atoms with Gasteiger partial charge in [0, 0.05) is 36.7 Å². The summed E-state index contributed by atoms with van der Waals surface area (Å²) in [5, 5.41) is 10.4. The van der Waals surface area contributed by atoms with Crippen molar-refractivity contribution in [2.75, 3.05) is 13.1 Å². The summed E-state index contributed by atoms with van der Waals surface area (Å²) in [4.78, 5) is 40.7. The van der Waals surface area contributed by atoms with Crippen molar-refractivity contribution in [1.29, 1.82) is 0 Å². The van der Waals surface area contributed by atoms with E-state index in [2.05, 4.69) is 6.58 Å². The molecule has 1 aromatic heterocycles. The summed E-state index contributed by atoms with van der Waals surface area (Å²) >= 11 is 6.55. The van der Waals surface area contributed by atoms with Crippen LogP contribution in [0.1, 0.15) is 42.9 Å². The number of amides is 1. The molecule has 0 bridgehead atoms. The van der Waals surface area contributed by atoms with Crippen LogP contribution in [0, 0.1) is 18.7 Å². The summed E-state index contributed by atoms with van der Waals surface area (Å²) in [6.45, 7) is 8.64. The first-order valence-electron chi connectivity index (χ1n) is 13.5. The molecule has 1 unspecified atom stereocenters. The van der Waals surface area contributed by atoms with E-state index >= 15 is 8.78 Å². The molecule has 7 nitrogen and oxygen atoms in total. The van der Waals surface area contributed by atoms with Crippen LogP contribution in [0.2, 0.25) is 5.02 Å². The van der Waals surface area contributed by atoms with Gasteiger partial charge in [-0.3, -0.25) is 19.0 Å². The Hall–Kier alpha value is -3.89. The number of nitrogens with zero attached hydrogens (tertiary/aromatic N) is 3. The molecule has 3 aromatic rings. The Morgan fingerprint density at radius 2 is 1.88 bits per heavy atom. The lowest BCUT2D eigenvalue weighted by molar-refractivity contribution is -0.135. The maximum Gasteiger partial charge on any atom is 0.321 e. The van der Waals surface area contributed by atoms with Crippen molar-refractivity contribution in [3.05, 3.63) is 103 Å². The minimum absolute atomic E-state index is 0.0228. The number of likely N-dealkylation sites (tertiary alicyclic amines) is 1. The van der Waals surface area contributed by atoms with Crippen LogP contribution in [0.4, 0.5) is 13.2 Å². The molecule has 1 fully saturated rings. The molecule has 1 N–H and O–H groups in total. The second-order valence-electron chi connectivity index (χ2n) is 11.0. The number of halogens is 4. The predicted molar refractivity (Wildman–Crippen MR) is 156 cm³/mol. The maximum absolute atomic E-state index is 16.9. The number of carbonyl (C=O) groups is 1. The molecular weight excluding hydrogens is 571 g/mol. The van der Waals surface area contributed by atoms with Gasteiger partial charge in [0.1, 0.15) is 11.3 Å². The predicted octanol–water partition coefficient (Wildman–Crippen LogP) is 5.32. The molecule has 220 valence electrons. The molecule has 5 rings (SSSR count). The molecule has 1 aliphatic carbocycles. The molecule has 2 aliphatic rings. The van der Waals surface area contributed by atoms with Gasteiger partial charge in [-0.1, -0.05) is 56.3 Å². The third-order valence-corrected chi connectivity index (χ3v) is 8.13. The smallest absolute Gasteiger partial charge is 0.321 e. The summed E-state index contributed by atoms with van der Waals surface area (Å²) in [7, 11) is 0. The number of hydrogen-bond donors (Lipinski definition) is 1. The minimum Gasteiger partial charge on any atom is -0.388 e. The van der Waals surface area contributed by atoms with Crippen molar-refractivity contribution < 1.29 is 23.1 Å². The molecule has 0 radical (unpaired) electrons. The molecule has 0 saturated carbocycles. The zero-order valence-electron chi connectivity index (χ0n) is 23.3. The Bertz CT molecular complexity index is 1830. The van der Waals surface area contributed by atoms with Crippen molar-refractivity contribution in [2.24, 2.45) is 5.92 Å². The highest BCUT2D eigenvalue weighted by molar-refractivity contribution is 6.33. The number of fused-ring (bicyclic) bond motifs is 1. The number of aromatic nitrogens is 2. The van der Waals surface area contributed by atoms with E-state index < -0.39 is 46.2 Å². The molecule has 0 spiro atoms. The van der Waals surface area contributed by atoms with Gasteiger partial charge in [0.05, 0.1) is 22.3 Å². The average Bonchev–Trinajstić information content (AvgIpc) is 2.90. The fourth-order valence-electron chi connectivity index (χ4n) is 5.77. The second kappa shape index (κ2) is 11.1. The first-order valence-corrected chi connectivity index (χ1v) is 13.9. The maximum atomic E-state index is 16.9. The molecule has 11 heteroatoms. The number of aliphatic hydroxyl groups excluding tert-OH is 1. The third-order valence-electron chi connectivity index (χ3n) is 7.83. The van der Waals surface area contributed by atoms with Crippen LogP contribution >= 0.6 is 11.6 Å². The van der Waals surface area contributed by atoms with E-state index in [1.165, 1.54) is 17.0 Å². The van der Waals surface area contributed by atoms with E-state index in [9.17, 15) is 23.9 Å². The van der Waals surface area contributed by atoms with Crippen molar-refractivity contribution in [3.63, 3.8) is 0 Å². The standard InChI is InChI=1S/C31H29ClF3N3O4/c1-15(2)19-8-5-7-16(3)27(19)38-28-22(11-20(32)24(26(28)35)25-21(34)9-6-10-23(25)39)37(30(41)31(38)42)14-18-12-36(13-18)29(40)17(4)33/h5-9,11,15,18,23,39H,4,10,12-14H2,1-3H3. The largest absolute Gasteiger partial charge is 0.388 e. The van der Waals surface area contributed by atoms with Crippen molar-refractivity contribution >= 4 is 34.1 Å². The monoisotopic (exact) mass is 599 g/mol. The number of carbonyl (C=O) groups excluding carboxylic acids is 1. The quantitative estimate of drug-likeness (QED) is 0.307. The molecule has 42 heavy (non-hydrogen) atoms. The van der Waals surface area contributed by atoms with Crippen LogP contribution < -0.4 is 11.1 Å². The zero-order chi connectivity index (χ0) is 30.6. The highest BCUT2D eigenvalue weighted by Gasteiger charge is 2.35. The fraction of sp³-hybridized carbons (Fsp3) is 0.323. The van der Waals surface area contributed by atoms with Gasteiger partial charge in [-0.2, -0.15) is 0 Å².